The van der Waals surface area contributed by atoms with E-state index in [9.17, 15) is 9.81 Å². The number of hydrogen-bond donors (Lipinski definition) is 0. The summed E-state index contributed by atoms with van der Waals surface area (Å²) in [6.45, 7) is 10.1. The molecule has 90 valence electrons. The van der Waals surface area contributed by atoms with Crippen molar-refractivity contribution in [2.45, 2.75) is 39.9 Å². The van der Waals surface area contributed by atoms with Gasteiger partial charge in [-0.1, -0.05) is 0 Å². The molecule has 0 amide bonds. The number of nitroso groups, excluding NO2 is 2. The van der Waals surface area contributed by atoms with E-state index >= 15 is 0 Å². The molecule has 5 heteroatoms. The van der Waals surface area contributed by atoms with Crippen LogP contribution in [0, 0.1) is 15.2 Å². The number of rotatable bonds is 3. The molecule has 0 aliphatic heterocycles. The molecule has 0 aromatic heterocycles. The maximum absolute atomic E-state index is 11.0. The van der Waals surface area contributed by atoms with Crippen molar-refractivity contribution >= 4 is 0 Å². The third kappa shape index (κ3) is 1.63. The Labute approximate surface area is 99.9 Å². The molecule has 1 aliphatic rings. The summed E-state index contributed by atoms with van der Waals surface area (Å²) in [7, 11) is 0. The molecular formula is C11H18N2O2W. The van der Waals surface area contributed by atoms with Gasteiger partial charge in [0.1, 0.15) is 0 Å². The Balaban J connectivity index is 3.49. The Kier molecular flexibility index (Phi) is 3.35. The molecule has 4 nitrogen and oxygen atoms in total. The maximum atomic E-state index is 11.0. The molecule has 0 fully saturated rings. The normalized spacial score (nSPS) is 21.4. The Morgan fingerprint density at radius 2 is 1.44 bits per heavy atom. The third-order valence-corrected chi connectivity index (χ3v) is 11.4. The molecule has 0 radical (unpaired) electrons. The molecule has 0 heterocycles. The van der Waals surface area contributed by atoms with Crippen LogP contribution in [0.1, 0.15) is 34.6 Å². The van der Waals surface area contributed by atoms with Gasteiger partial charge in [-0.15, -0.1) is 0 Å². The van der Waals surface area contributed by atoms with E-state index in [4.69, 9.17) is 0 Å². The van der Waals surface area contributed by atoms with Crippen molar-refractivity contribution in [1.82, 2.24) is 0 Å². The first kappa shape index (κ1) is 13.4. The van der Waals surface area contributed by atoms with Gasteiger partial charge in [-0.05, 0) is 0 Å². The van der Waals surface area contributed by atoms with Crippen LogP contribution in [0.15, 0.2) is 28.2 Å². The molecule has 1 aliphatic carbocycles. The number of nitrogens with zero attached hydrogens (tertiary/aromatic N) is 2. The first-order valence-electron chi connectivity index (χ1n) is 5.09. The van der Waals surface area contributed by atoms with Crippen LogP contribution in [-0.4, -0.2) is 0 Å². The molecule has 0 unspecified atom stereocenters. The van der Waals surface area contributed by atoms with Crippen molar-refractivity contribution in [2.75, 3.05) is 0 Å². The van der Waals surface area contributed by atoms with Crippen molar-refractivity contribution < 1.29 is 16.6 Å². The predicted molar refractivity (Wildman–Crippen MR) is 62.3 cm³/mol. The first-order valence-corrected chi connectivity index (χ1v) is 12.1. The molecule has 0 saturated heterocycles. The van der Waals surface area contributed by atoms with Gasteiger partial charge in [0.05, 0.1) is 0 Å². The van der Waals surface area contributed by atoms with E-state index in [1.54, 1.807) is 5.31 Å². The van der Waals surface area contributed by atoms with Crippen molar-refractivity contribution in [1.29, 1.82) is 0 Å². The van der Waals surface area contributed by atoms with Crippen LogP contribution in [0.5, 0.6) is 0 Å². The molecule has 0 saturated carbocycles. The van der Waals surface area contributed by atoms with E-state index in [1.807, 2.05) is 34.6 Å². The van der Waals surface area contributed by atoms with Crippen molar-refractivity contribution in [3.05, 3.63) is 30.5 Å². The van der Waals surface area contributed by atoms with Gasteiger partial charge in [0.25, 0.3) is 0 Å². The fraction of sp³-hybridized carbons (Fsp3) is 0.636. The molecule has 0 atom stereocenters. The van der Waals surface area contributed by atoms with Crippen LogP contribution in [0.3, 0.4) is 0 Å². The summed E-state index contributed by atoms with van der Waals surface area (Å²) in [4.78, 5) is 22.0. The van der Waals surface area contributed by atoms with E-state index in [-0.39, 0.29) is 5.41 Å². The van der Waals surface area contributed by atoms with Crippen LogP contribution < -0.4 is 0 Å². The second-order valence-corrected chi connectivity index (χ2v) is 13.3. The molecule has 1 rings (SSSR count). The monoisotopic (exact) mass is 394 g/mol. The summed E-state index contributed by atoms with van der Waals surface area (Å²) in [5.74, 6) is 0. The Hall–Kier alpha value is -0.632. The molecule has 0 bridgehead atoms. The molecule has 0 aromatic rings. The van der Waals surface area contributed by atoms with E-state index in [0.29, 0.717) is 0 Å². The van der Waals surface area contributed by atoms with Gasteiger partial charge in [0, 0.05) is 0 Å². The standard InChI is InChI=1S/C10H15.CH3.2NO.W/c1-7-6-10(4,5)9(3)8(7)2;;2*1-2;/h1-5H3;1H3;;;/q;;2*-1;+2. The molecule has 0 N–H and O–H groups in total. The average Bonchev–Trinajstić information content (AvgIpc) is 2.39. The van der Waals surface area contributed by atoms with Crippen LogP contribution in [0.25, 0.3) is 0 Å². The summed E-state index contributed by atoms with van der Waals surface area (Å²) < 4.78 is 7.19. The number of allylic oxidation sites excluding steroid dienone is 4. The second-order valence-electron chi connectivity index (χ2n) is 4.81. The van der Waals surface area contributed by atoms with Crippen LogP contribution in [0.4, 0.5) is 0 Å². The van der Waals surface area contributed by atoms with Crippen molar-refractivity contribution in [3.8, 4) is 0 Å². The zero-order valence-electron chi connectivity index (χ0n) is 10.6. The topological polar surface area (TPSA) is 58.9 Å². The molecule has 0 aromatic carbocycles. The van der Waals surface area contributed by atoms with Crippen LogP contribution in [-0.2, 0) is 16.6 Å². The molecular weight excluding hydrogens is 376 g/mol. The predicted octanol–water partition coefficient (Wildman–Crippen LogP) is 4.20. The van der Waals surface area contributed by atoms with Crippen molar-refractivity contribution in [3.63, 3.8) is 0 Å². The van der Waals surface area contributed by atoms with Crippen LogP contribution in [0.2, 0.25) is 5.31 Å². The zero-order valence-corrected chi connectivity index (χ0v) is 13.6. The summed E-state index contributed by atoms with van der Waals surface area (Å²) in [6, 6.07) is 0. The second kappa shape index (κ2) is 3.99. The fourth-order valence-electron chi connectivity index (χ4n) is 2.42. The van der Waals surface area contributed by atoms with Gasteiger partial charge in [0.15, 0.2) is 0 Å². The van der Waals surface area contributed by atoms with E-state index < -0.39 is 16.6 Å². The summed E-state index contributed by atoms with van der Waals surface area (Å²) >= 11 is -3.86. The Bertz CT molecular complexity index is 414. The van der Waals surface area contributed by atoms with Gasteiger partial charge in [-0.2, -0.15) is 0 Å². The minimum atomic E-state index is -3.86. The Morgan fingerprint density at radius 3 is 1.69 bits per heavy atom. The SMILES string of the molecule is CC1=C(C)C(C)(C)[C]([W]([CH3])([N]=O)[N]=O)=C1C. The minimum absolute atomic E-state index is 0.236. The molecule has 16 heavy (non-hydrogen) atoms. The van der Waals surface area contributed by atoms with Gasteiger partial charge in [0.2, 0.25) is 0 Å². The van der Waals surface area contributed by atoms with E-state index in [2.05, 4.69) is 7.47 Å². The van der Waals surface area contributed by atoms with E-state index in [0.717, 1.165) is 9.54 Å². The third-order valence-electron chi connectivity index (χ3n) is 3.65. The van der Waals surface area contributed by atoms with Gasteiger partial charge >= 0.3 is 99.9 Å². The van der Waals surface area contributed by atoms with Gasteiger partial charge < -0.3 is 0 Å². The fourth-order valence-corrected chi connectivity index (χ4v) is 9.71. The Morgan fingerprint density at radius 1 is 1.00 bits per heavy atom. The van der Waals surface area contributed by atoms with Gasteiger partial charge in [-0.3, -0.25) is 0 Å². The summed E-state index contributed by atoms with van der Waals surface area (Å²) in [5, 5.41) is 1.68. The van der Waals surface area contributed by atoms with E-state index in [1.165, 1.54) is 11.1 Å². The summed E-state index contributed by atoms with van der Waals surface area (Å²) in [6.07, 6.45) is 0. The van der Waals surface area contributed by atoms with Gasteiger partial charge in [-0.25, -0.2) is 0 Å². The van der Waals surface area contributed by atoms with Crippen LogP contribution >= 0.6 is 0 Å². The summed E-state index contributed by atoms with van der Waals surface area (Å²) in [5.41, 5.74) is 3.21. The molecule has 0 spiro atoms. The zero-order chi connectivity index (χ0) is 12.7. The average molecular weight is 394 g/mol. The quantitative estimate of drug-likeness (QED) is 0.674. The number of hydrogen-bond acceptors (Lipinski definition) is 4. The van der Waals surface area contributed by atoms with Crippen molar-refractivity contribution in [2.24, 2.45) is 12.9 Å². The first-order chi connectivity index (χ1) is 7.22.